The van der Waals surface area contributed by atoms with E-state index >= 15 is 0 Å². The van der Waals surface area contributed by atoms with Crippen LogP contribution in [-0.2, 0) is 7.05 Å². The van der Waals surface area contributed by atoms with Crippen molar-refractivity contribution in [1.82, 2.24) is 9.99 Å². The van der Waals surface area contributed by atoms with E-state index in [1.807, 2.05) is 33.0 Å². The summed E-state index contributed by atoms with van der Waals surface area (Å²) in [5.74, 6) is 0.228. The summed E-state index contributed by atoms with van der Waals surface area (Å²) in [5.41, 5.74) is 6.20. The first-order valence-electron chi connectivity index (χ1n) is 6.64. The molecule has 0 bridgehead atoms. The van der Waals surface area contributed by atoms with Crippen LogP contribution in [0, 0.1) is 13.8 Å². The number of aryl methyl sites for hydroxylation is 1. The first-order chi connectivity index (χ1) is 10.0. The van der Waals surface area contributed by atoms with Crippen molar-refractivity contribution >= 4 is 12.1 Å². The molecule has 2 rings (SSSR count). The molecule has 0 aliphatic rings. The Balaban J connectivity index is 2.10. The quantitative estimate of drug-likeness (QED) is 0.693. The first-order valence-corrected chi connectivity index (χ1v) is 6.64. The smallest absolute Gasteiger partial charge is 0.275 e. The van der Waals surface area contributed by atoms with Crippen LogP contribution in [0.3, 0.4) is 0 Å². The van der Waals surface area contributed by atoms with E-state index in [2.05, 4.69) is 15.1 Å². The Morgan fingerprint density at radius 3 is 2.67 bits per heavy atom. The second-order valence-corrected chi connectivity index (χ2v) is 4.78. The summed E-state index contributed by atoms with van der Waals surface area (Å²) in [6.45, 7) is 4.04. The number of para-hydroxylation sites is 1. The van der Waals surface area contributed by atoms with Gasteiger partial charge in [-0.25, -0.2) is 5.43 Å². The van der Waals surface area contributed by atoms with Crippen molar-refractivity contribution in [3.8, 4) is 5.75 Å². The number of ether oxygens (including phenoxy) is 1. The Bertz CT molecular complexity index is 687. The minimum absolute atomic E-state index is 0.297. The predicted octanol–water partition coefficient (Wildman–Crippen LogP) is 2.41. The number of hydrazone groups is 1. The number of carbonyl (C=O) groups is 1. The molecule has 0 saturated carbocycles. The Labute approximate surface area is 124 Å². The van der Waals surface area contributed by atoms with Gasteiger partial charge in [-0.2, -0.15) is 5.10 Å². The van der Waals surface area contributed by atoms with Crippen molar-refractivity contribution in [2.75, 3.05) is 7.11 Å². The maximum atomic E-state index is 12.1. The Morgan fingerprint density at radius 1 is 1.33 bits per heavy atom. The monoisotopic (exact) mass is 285 g/mol. The molecule has 5 heteroatoms. The highest BCUT2D eigenvalue weighted by Gasteiger charge is 2.10. The summed E-state index contributed by atoms with van der Waals surface area (Å²) >= 11 is 0. The molecule has 0 unspecified atom stereocenters. The average molecular weight is 285 g/mol. The molecule has 0 saturated heterocycles. The molecule has 1 amide bonds. The summed E-state index contributed by atoms with van der Waals surface area (Å²) in [5, 5.41) is 4.02. The average Bonchev–Trinajstić information content (AvgIpc) is 2.74. The predicted molar refractivity (Wildman–Crippen MR) is 82.9 cm³/mol. The maximum absolute atomic E-state index is 12.1. The minimum atomic E-state index is -0.297. The van der Waals surface area contributed by atoms with Crippen LogP contribution < -0.4 is 10.2 Å². The summed E-state index contributed by atoms with van der Waals surface area (Å²) in [6.07, 6.45) is 1.65. The highest BCUT2D eigenvalue weighted by Crippen LogP contribution is 2.16. The molecule has 0 aliphatic carbocycles. The van der Waals surface area contributed by atoms with Gasteiger partial charge >= 0.3 is 0 Å². The van der Waals surface area contributed by atoms with Gasteiger partial charge in [-0.1, -0.05) is 12.1 Å². The molecule has 5 nitrogen and oxygen atoms in total. The third-order valence-corrected chi connectivity index (χ3v) is 3.54. The second kappa shape index (κ2) is 6.26. The van der Waals surface area contributed by atoms with Crippen LogP contribution in [0.4, 0.5) is 0 Å². The summed E-state index contributed by atoms with van der Waals surface area (Å²) < 4.78 is 7.23. The fraction of sp³-hybridized carbons (Fsp3) is 0.250. The highest BCUT2D eigenvalue weighted by molar-refractivity contribution is 5.97. The van der Waals surface area contributed by atoms with Gasteiger partial charge in [-0.05, 0) is 32.0 Å². The molecule has 1 N–H and O–H groups in total. The number of amides is 1. The Morgan fingerprint density at radius 2 is 2.05 bits per heavy atom. The third kappa shape index (κ3) is 3.13. The van der Waals surface area contributed by atoms with E-state index in [4.69, 9.17) is 4.74 Å². The van der Waals surface area contributed by atoms with Gasteiger partial charge in [0, 0.05) is 24.0 Å². The van der Waals surface area contributed by atoms with Crippen molar-refractivity contribution in [3.05, 3.63) is 52.8 Å². The lowest BCUT2D eigenvalue weighted by Gasteiger charge is -2.05. The van der Waals surface area contributed by atoms with E-state index in [0.29, 0.717) is 11.3 Å². The zero-order valence-corrected chi connectivity index (χ0v) is 12.7. The molecule has 1 aromatic carbocycles. The zero-order valence-electron chi connectivity index (χ0n) is 12.7. The van der Waals surface area contributed by atoms with E-state index < -0.39 is 0 Å². The molecular weight excluding hydrogens is 266 g/mol. The molecule has 2 aromatic rings. The van der Waals surface area contributed by atoms with Crippen LogP contribution in [0.2, 0.25) is 0 Å². The normalized spacial score (nSPS) is 10.9. The van der Waals surface area contributed by atoms with E-state index in [0.717, 1.165) is 17.0 Å². The lowest BCUT2D eigenvalue weighted by atomic mass is 10.2. The Hall–Kier alpha value is -2.56. The fourth-order valence-electron chi connectivity index (χ4n) is 2.07. The number of benzene rings is 1. The van der Waals surface area contributed by atoms with E-state index in [-0.39, 0.29) is 5.91 Å². The number of aromatic nitrogens is 1. The molecule has 1 heterocycles. The Kier molecular flexibility index (Phi) is 4.42. The van der Waals surface area contributed by atoms with Crippen molar-refractivity contribution in [3.63, 3.8) is 0 Å². The standard InChI is InChI=1S/C16H19N3O2/c1-11-9-13(12(2)19(11)3)10-17-18-16(20)14-7-5-6-8-15(14)21-4/h5-10H,1-4H3,(H,18,20)/b17-10-. The van der Waals surface area contributed by atoms with Crippen LogP contribution >= 0.6 is 0 Å². The molecule has 0 aliphatic heterocycles. The van der Waals surface area contributed by atoms with Crippen LogP contribution in [0.1, 0.15) is 27.3 Å². The SMILES string of the molecule is COc1ccccc1C(=O)N/N=C\c1cc(C)n(C)c1C. The molecule has 0 fully saturated rings. The number of carbonyl (C=O) groups excluding carboxylic acids is 1. The number of hydrogen-bond donors (Lipinski definition) is 1. The first kappa shape index (κ1) is 14.8. The summed E-state index contributed by atoms with van der Waals surface area (Å²) in [4.78, 5) is 12.1. The topological polar surface area (TPSA) is 55.6 Å². The number of hydrogen-bond acceptors (Lipinski definition) is 3. The van der Waals surface area contributed by atoms with Gasteiger partial charge < -0.3 is 9.30 Å². The molecular formula is C16H19N3O2. The number of nitrogens with one attached hydrogen (secondary N) is 1. The molecule has 1 aromatic heterocycles. The van der Waals surface area contributed by atoms with Crippen molar-refractivity contribution < 1.29 is 9.53 Å². The number of methoxy groups -OCH3 is 1. The van der Waals surface area contributed by atoms with E-state index in [9.17, 15) is 4.79 Å². The van der Waals surface area contributed by atoms with Gasteiger partial charge in [-0.3, -0.25) is 4.79 Å². The van der Waals surface area contributed by atoms with Gasteiger partial charge in [0.1, 0.15) is 5.75 Å². The van der Waals surface area contributed by atoms with Crippen LogP contribution in [-0.4, -0.2) is 23.8 Å². The third-order valence-electron chi connectivity index (χ3n) is 3.54. The van der Waals surface area contributed by atoms with E-state index in [1.165, 1.54) is 7.11 Å². The number of nitrogens with zero attached hydrogens (tertiary/aromatic N) is 2. The van der Waals surface area contributed by atoms with Gasteiger partial charge in [0.15, 0.2) is 0 Å². The van der Waals surface area contributed by atoms with Crippen molar-refractivity contribution in [1.29, 1.82) is 0 Å². The molecule has 0 radical (unpaired) electrons. The lowest BCUT2D eigenvalue weighted by Crippen LogP contribution is -2.18. The molecule has 0 atom stereocenters. The van der Waals surface area contributed by atoms with Gasteiger partial charge in [0.25, 0.3) is 5.91 Å². The van der Waals surface area contributed by atoms with Crippen molar-refractivity contribution in [2.24, 2.45) is 12.1 Å². The highest BCUT2D eigenvalue weighted by atomic mass is 16.5. The van der Waals surface area contributed by atoms with Crippen molar-refractivity contribution in [2.45, 2.75) is 13.8 Å². The largest absolute Gasteiger partial charge is 0.496 e. The second-order valence-electron chi connectivity index (χ2n) is 4.78. The molecule has 21 heavy (non-hydrogen) atoms. The van der Waals surface area contributed by atoms with Crippen LogP contribution in [0.25, 0.3) is 0 Å². The summed E-state index contributed by atoms with van der Waals surface area (Å²) in [7, 11) is 3.53. The minimum Gasteiger partial charge on any atom is -0.496 e. The number of rotatable bonds is 4. The van der Waals surface area contributed by atoms with Gasteiger partial charge in [0.2, 0.25) is 0 Å². The lowest BCUT2D eigenvalue weighted by molar-refractivity contribution is 0.0952. The summed E-state index contributed by atoms with van der Waals surface area (Å²) in [6, 6.07) is 9.06. The maximum Gasteiger partial charge on any atom is 0.275 e. The molecule has 110 valence electrons. The van der Waals surface area contributed by atoms with Gasteiger partial charge in [0.05, 0.1) is 18.9 Å². The molecule has 0 spiro atoms. The van der Waals surface area contributed by atoms with Crippen LogP contribution in [0.5, 0.6) is 5.75 Å². The zero-order chi connectivity index (χ0) is 15.4. The van der Waals surface area contributed by atoms with Crippen LogP contribution in [0.15, 0.2) is 35.4 Å². The fourth-order valence-corrected chi connectivity index (χ4v) is 2.07. The van der Waals surface area contributed by atoms with Gasteiger partial charge in [-0.15, -0.1) is 0 Å². The van der Waals surface area contributed by atoms with E-state index in [1.54, 1.807) is 24.4 Å².